The topological polar surface area (TPSA) is 24.5 Å². The van der Waals surface area contributed by atoms with E-state index >= 15 is 0 Å². The van der Waals surface area contributed by atoms with Gasteiger partial charge in [0.2, 0.25) is 0 Å². The lowest BCUT2D eigenvalue weighted by Crippen LogP contribution is -2.49. The summed E-state index contributed by atoms with van der Waals surface area (Å²) < 4.78 is 5.62. The SMILES string of the molecule is CNC1CCCCC1CN1CCC(C)C(OC)C1. The lowest BCUT2D eigenvalue weighted by molar-refractivity contribution is -0.0124. The summed E-state index contributed by atoms with van der Waals surface area (Å²) in [7, 11) is 3.99. The highest BCUT2D eigenvalue weighted by molar-refractivity contribution is 4.85. The Morgan fingerprint density at radius 2 is 2.00 bits per heavy atom. The first-order valence-electron chi connectivity index (χ1n) is 7.67. The minimum atomic E-state index is 0.440. The molecule has 1 heterocycles. The number of methoxy groups -OCH3 is 1. The number of hydrogen-bond acceptors (Lipinski definition) is 3. The van der Waals surface area contributed by atoms with E-state index in [1.807, 2.05) is 7.11 Å². The number of hydrogen-bond donors (Lipinski definition) is 1. The van der Waals surface area contributed by atoms with E-state index in [0.29, 0.717) is 6.10 Å². The smallest absolute Gasteiger partial charge is 0.0724 e. The van der Waals surface area contributed by atoms with Gasteiger partial charge >= 0.3 is 0 Å². The number of rotatable bonds is 4. The fourth-order valence-electron chi connectivity index (χ4n) is 3.71. The van der Waals surface area contributed by atoms with Crippen molar-refractivity contribution in [3.8, 4) is 0 Å². The van der Waals surface area contributed by atoms with E-state index in [1.165, 1.54) is 45.2 Å². The van der Waals surface area contributed by atoms with Gasteiger partial charge in [-0.25, -0.2) is 0 Å². The summed E-state index contributed by atoms with van der Waals surface area (Å²) in [5.74, 6) is 1.56. The summed E-state index contributed by atoms with van der Waals surface area (Å²) in [6.07, 6.45) is 7.31. The maximum Gasteiger partial charge on any atom is 0.0724 e. The molecule has 0 aromatic rings. The molecule has 4 atom stereocenters. The Bertz CT molecular complexity index is 247. The molecule has 1 saturated carbocycles. The maximum absolute atomic E-state index is 5.62. The van der Waals surface area contributed by atoms with Crippen LogP contribution in [0.1, 0.15) is 39.0 Å². The lowest BCUT2D eigenvalue weighted by Gasteiger charge is -2.40. The minimum Gasteiger partial charge on any atom is -0.380 e. The highest BCUT2D eigenvalue weighted by Crippen LogP contribution is 2.27. The van der Waals surface area contributed by atoms with Crippen molar-refractivity contribution < 1.29 is 4.74 Å². The molecule has 2 rings (SSSR count). The van der Waals surface area contributed by atoms with E-state index < -0.39 is 0 Å². The first-order chi connectivity index (χ1) is 8.74. The Labute approximate surface area is 112 Å². The third-order valence-electron chi connectivity index (χ3n) is 5.05. The third-order valence-corrected chi connectivity index (χ3v) is 5.05. The summed E-state index contributed by atoms with van der Waals surface area (Å²) in [5, 5.41) is 3.52. The molecule has 0 spiro atoms. The average Bonchev–Trinajstić information content (AvgIpc) is 2.41. The van der Waals surface area contributed by atoms with Crippen molar-refractivity contribution in [2.45, 2.75) is 51.2 Å². The van der Waals surface area contributed by atoms with Gasteiger partial charge in [-0.1, -0.05) is 19.8 Å². The second-order valence-electron chi connectivity index (χ2n) is 6.24. The van der Waals surface area contributed by atoms with Crippen LogP contribution >= 0.6 is 0 Å². The van der Waals surface area contributed by atoms with Crippen LogP contribution in [-0.4, -0.2) is 50.8 Å². The largest absolute Gasteiger partial charge is 0.380 e. The summed E-state index contributed by atoms with van der Waals surface area (Å²) >= 11 is 0. The Balaban J connectivity index is 1.84. The molecule has 1 aliphatic carbocycles. The highest BCUT2D eigenvalue weighted by atomic mass is 16.5. The Morgan fingerprint density at radius 1 is 1.22 bits per heavy atom. The second kappa shape index (κ2) is 6.88. The van der Waals surface area contributed by atoms with Crippen LogP contribution in [0, 0.1) is 11.8 Å². The number of nitrogens with zero attached hydrogens (tertiary/aromatic N) is 1. The van der Waals surface area contributed by atoms with Gasteiger partial charge in [-0.15, -0.1) is 0 Å². The van der Waals surface area contributed by atoms with Crippen LogP contribution in [0.3, 0.4) is 0 Å². The summed E-state index contributed by atoms with van der Waals surface area (Å²) in [4.78, 5) is 2.63. The summed E-state index contributed by atoms with van der Waals surface area (Å²) in [6, 6.07) is 0.735. The molecule has 0 aromatic carbocycles. The average molecular weight is 254 g/mol. The van der Waals surface area contributed by atoms with Gasteiger partial charge in [-0.05, 0) is 44.7 Å². The molecule has 0 bridgehead atoms. The van der Waals surface area contributed by atoms with Crippen molar-refractivity contribution in [3.05, 3.63) is 0 Å². The van der Waals surface area contributed by atoms with Crippen molar-refractivity contribution in [1.29, 1.82) is 0 Å². The lowest BCUT2D eigenvalue weighted by atomic mass is 9.83. The van der Waals surface area contributed by atoms with Gasteiger partial charge < -0.3 is 15.0 Å². The number of ether oxygens (including phenoxy) is 1. The van der Waals surface area contributed by atoms with Gasteiger partial charge in [0.25, 0.3) is 0 Å². The van der Waals surface area contributed by atoms with Crippen molar-refractivity contribution >= 4 is 0 Å². The second-order valence-corrected chi connectivity index (χ2v) is 6.24. The van der Waals surface area contributed by atoms with Crippen LogP contribution in [0.5, 0.6) is 0 Å². The zero-order valence-corrected chi connectivity index (χ0v) is 12.3. The predicted octanol–water partition coefficient (Wildman–Crippen LogP) is 2.12. The minimum absolute atomic E-state index is 0.440. The van der Waals surface area contributed by atoms with E-state index in [-0.39, 0.29) is 0 Å². The molecule has 1 aliphatic heterocycles. The van der Waals surface area contributed by atoms with Crippen molar-refractivity contribution in [3.63, 3.8) is 0 Å². The van der Waals surface area contributed by atoms with Crippen molar-refractivity contribution in [2.24, 2.45) is 11.8 Å². The molecule has 0 aromatic heterocycles. The van der Waals surface area contributed by atoms with Gasteiger partial charge in [0.15, 0.2) is 0 Å². The number of likely N-dealkylation sites (tertiary alicyclic amines) is 1. The van der Waals surface area contributed by atoms with Crippen molar-refractivity contribution in [2.75, 3.05) is 33.8 Å². The fraction of sp³-hybridized carbons (Fsp3) is 1.00. The van der Waals surface area contributed by atoms with Gasteiger partial charge in [0.05, 0.1) is 6.10 Å². The molecule has 18 heavy (non-hydrogen) atoms. The van der Waals surface area contributed by atoms with Crippen LogP contribution in [0.25, 0.3) is 0 Å². The molecular formula is C15H30N2O. The molecular weight excluding hydrogens is 224 g/mol. The van der Waals surface area contributed by atoms with E-state index in [1.54, 1.807) is 0 Å². The number of piperidine rings is 1. The molecule has 3 heteroatoms. The fourth-order valence-corrected chi connectivity index (χ4v) is 3.71. The quantitative estimate of drug-likeness (QED) is 0.832. The summed E-state index contributed by atoms with van der Waals surface area (Å²) in [5.41, 5.74) is 0. The molecule has 3 nitrogen and oxygen atoms in total. The molecule has 0 radical (unpaired) electrons. The zero-order chi connectivity index (χ0) is 13.0. The molecule has 1 saturated heterocycles. The maximum atomic E-state index is 5.62. The van der Waals surface area contributed by atoms with Crippen LogP contribution in [-0.2, 0) is 4.74 Å². The van der Waals surface area contributed by atoms with E-state index in [0.717, 1.165) is 24.4 Å². The third kappa shape index (κ3) is 3.46. The Morgan fingerprint density at radius 3 is 2.72 bits per heavy atom. The first kappa shape index (κ1) is 14.3. The van der Waals surface area contributed by atoms with Crippen LogP contribution < -0.4 is 5.32 Å². The van der Waals surface area contributed by atoms with E-state index in [9.17, 15) is 0 Å². The Hall–Kier alpha value is -0.120. The van der Waals surface area contributed by atoms with Gasteiger partial charge in [0.1, 0.15) is 0 Å². The molecule has 2 fully saturated rings. The van der Waals surface area contributed by atoms with Crippen LogP contribution in [0.2, 0.25) is 0 Å². The van der Waals surface area contributed by atoms with Gasteiger partial charge in [-0.3, -0.25) is 0 Å². The van der Waals surface area contributed by atoms with Gasteiger partial charge in [0, 0.05) is 26.2 Å². The zero-order valence-electron chi connectivity index (χ0n) is 12.3. The normalized spacial score (nSPS) is 38.8. The molecule has 2 aliphatic rings. The molecule has 4 unspecified atom stereocenters. The highest BCUT2D eigenvalue weighted by Gasteiger charge is 2.30. The van der Waals surface area contributed by atoms with E-state index in [4.69, 9.17) is 4.74 Å². The Kier molecular flexibility index (Phi) is 5.46. The van der Waals surface area contributed by atoms with Gasteiger partial charge in [-0.2, -0.15) is 0 Å². The molecule has 0 amide bonds. The van der Waals surface area contributed by atoms with Crippen LogP contribution in [0.15, 0.2) is 0 Å². The summed E-state index contributed by atoms with van der Waals surface area (Å²) in [6.45, 7) is 5.97. The number of nitrogens with one attached hydrogen (secondary N) is 1. The standard InChI is InChI=1S/C15H30N2O/c1-12-8-9-17(11-15(12)18-3)10-13-6-4-5-7-14(13)16-2/h12-16H,4-11H2,1-3H3. The predicted molar refractivity (Wildman–Crippen MR) is 75.8 cm³/mol. The monoisotopic (exact) mass is 254 g/mol. The molecule has 1 N–H and O–H groups in total. The van der Waals surface area contributed by atoms with Crippen LogP contribution in [0.4, 0.5) is 0 Å². The van der Waals surface area contributed by atoms with E-state index in [2.05, 4.69) is 24.2 Å². The first-order valence-corrected chi connectivity index (χ1v) is 7.67. The molecule has 106 valence electrons. The van der Waals surface area contributed by atoms with Crippen molar-refractivity contribution in [1.82, 2.24) is 10.2 Å².